The molecule has 1 unspecified atom stereocenters. The minimum Gasteiger partial charge on any atom is -0.479 e. The van der Waals surface area contributed by atoms with Gasteiger partial charge in [0.25, 0.3) is 11.6 Å². The van der Waals surface area contributed by atoms with Crippen molar-refractivity contribution in [3.8, 4) is 0 Å². The Hall–Kier alpha value is -0.740. The zero-order valence-corrected chi connectivity index (χ0v) is 5.61. The van der Waals surface area contributed by atoms with Crippen molar-refractivity contribution < 1.29 is 23.1 Å². The zero-order chi connectivity index (χ0) is 8.70. The zero-order valence-electron chi connectivity index (χ0n) is 5.61. The SMILES string of the molecule is O=C(O)C1(F)CCCC1(F)F. The maximum absolute atomic E-state index is 12.9. The molecule has 0 amide bonds. The maximum Gasteiger partial charge on any atom is 0.347 e. The Morgan fingerprint density at radius 3 is 2.00 bits per heavy atom. The number of carboxylic acids is 1. The quantitative estimate of drug-likeness (QED) is 0.645. The molecule has 1 N–H and O–H groups in total. The van der Waals surface area contributed by atoms with E-state index in [9.17, 15) is 18.0 Å². The molecule has 2 nitrogen and oxygen atoms in total. The summed E-state index contributed by atoms with van der Waals surface area (Å²) < 4.78 is 37.8. The normalized spacial score (nSPS) is 35.5. The summed E-state index contributed by atoms with van der Waals surface area (Å²) in [6.45, 7) is 0. The van der Waals surface area contributed by atoms with E-state index in [2.05, 4.69) is 0 Å². The molecule has 64 valence electrons. The molecule has 0 spiro atoms. The van der Waals surface area contributed by atoms with Gasteiger partial charge in [-0.3, -0.25) is 0 Å². The Morgan fingerprint density at radius 1 is 1.27 bits per heavy atom. The molecule has 0 heterocycles. The van der Waals surface area contributed by atoms with Crippen molar-refractivity contribution >= 4 is 5.97 Å². The monoisotopic (exact) mass is 168 g/mol. The fraction of sp³-hybridized carbons (Fsp3) is 0.833. The van der Waals surface area contributed by atoms with Crippen molar-refractivity contribution in [1.29, 1.82) is 0 Å². The molecule has 1 rings (SSSR count). The molecule has 0 radical (unpaired) electrons. The van der Waals surface area contributed by atoms with Gasteiger partial charge in [0.2, 0.25) is 0 Å². The van der Waals surface area contributed by atoms with Gasteiger partial charge in [-0.25, -0.2) is 18.0 Å². The molecule has 0 bridgehead atoms. The van der Waals surface area contributed by atoms with Crippen LogP contribution >= 0.6 is 0 Å². The second-order valence-electron chi connectivity index (χ2n) is 2.66. The van der Waals surface area contributed by atoms with Crippen LogP contribution < -0.4 is 0 Å². The van der Waals surface area contributed by atoms with Gasteiger partial charge in [0, 0.05) is 6.42 Å². The molecule has 0 aromatic rings. The van der Waals surface area contributed by atoms with E-state index in [0.717, 1.165) is 0 Å². The molecular formula is C6H7F3O2. The molecule has 1 aliphatic rings. The number of aliphatic carboxylic acids is 1. The number of hydrogen-bond donors (Lipinski definition) is 1. The third kappa shape index (κ3) is 0.985. The van der Waals surface area contributed by atoms with Crippen LogP contribution in [0.5, 0.6) is 0 Å². The highest BCUT2D eigenvalue weighted by Crippen LogP contribution is 2.46. The van der Waals surface area contributed by atoms with Crippen LogP contribution in [0.1, 0.15) is 19.3 Å². The first kappa shape index (κ1) is 8.36. The summed E-state index contributed by atoms with van der Waals surface area (Å²) in [6.07, 6.45) is -1.33. The molecule has 1 atom stereocenters. The Bertz CT molecular complexity index is 192. The van der Waals surface area contributed by atoms with E-state index in [4.69, 9.17) is 5.11 Å². The lowest BCUT2D eigenvalue weighted by Crippen LogP contribution is -2.46. The molecule has 1 aliphatic carbocycles. The number of hydrogen-bond acceptors (Lipinski definition) is 1. The molecular weight excluding hydrogens is 161 g/mol. The second kappa shape index (κ2) is 2.12. The Labute approximate surface area is 61.0 Å². The summed E-state index contributed by atoms with van der Waals surface area (Å²) in [6, 6.07) is 0. The van der Waals surface area contributed by atoms with Gasteiger partial charge in [0.05, 0.1) is 0 Å². The molecule has 0 saturated heterocycles. The standard InChI is InChI=1S/C6H7F3O2/c7-5(4(10)11)2-1-3-6(5,8)9/h1-3H2,(H,10,11). The Balaban J connectivity index is 2.93. The van der Waals surface area contributed by atoms with Crippen molar-refractivity contribution in [2.45, 2.75) is 30.9 Å². The summed E-state index contributed by atoms with van der Waals surface area (Å²) in [5.74, 6) is -5.75. The first-order valence-electron chi connectivity index (χ1n) is 3.20. The largest absolute Gasteiger partial charge is 0.479 e. The van der Waals surface area contributed by atoms with Gasteiger partial charge >= 0.3 is 5.97 Å². The van der Waals surface area contributed by atoms with Crippen molar-refractivity contribution in [2.24, 2.45) is 0 Å². The predicted molar refractivity (Wildman–Crippen MR) is 30.3 cm³/mol. The topological polar surface area (TPSA) is 37.3 Å². The number of halogens is 3. The van der Waals surface area contributed by atoms with Gasteiger partial charge in [0.1, 0.15) is 0 Å². The molecule has 1 saturated carbocycles. The van der Waals surface area contributed by atoms with Crippen molar-refractivity contribution in [3.63, 3.8) is 0 Å². The van der Waals surface area contributed by atoms with E-state index in [1.165, 1.54) is 0 Å². The van der Waals surface area contributed by atoms with Crippen LogP contribution in [0.4, 0.5) is 13.2 Å². The smallest absolute Gasteiger partial charge is 0.347 e. The van der Waals surface area contributed by atoms with Crippen LogP contribution in [0.25, 0.3) is 0 Å². The number of carboxylic acid groups (broad SMARTS) is 1. The summed E-state index contributed by atoms with van der Waals surface area (Å²) in [4.78, 5) is 10.1. The van der Waals surface area contributed by atoms with Crippen molar-refractivity contribution in [1.82, 2.24) is 0 Å². The molecule has 0 aliphatic heterocycles. The highest BCUT2D eigenvalue weighted by Gasteiger charge is 2.63. The predicted octanol–water partition coefficient (Wildman–Crippen LogP) is 1.60. The summed E-state index contributed by atoms with van der Waals surface area (Å²) in [5.41, 5.74) is -3.33. The lowest BCUT2D eigenvalue weighted by molar-refractivity contribution is -0.176. The van der Waals surface area contributed by atoms with Crippen LogP contribution in [0.15, 0.2) is 0 Å². The van der Waals surface area contributed by atoms with Gasteiger partial charge in [-0.05, 0) is 12.8 Å². The first-order valence-corrected chi connectivity index (χ1v) is 3.20. The molecule has 11 heavy (non-hydrogen) atoms. The fourth-order valence-corrected chi connectivity index (χ4v) is 1.20. The Morgan fingerprint density at radius 2 is 1.82 bits per heavy atom. The van der Waals surface area contributed by atoms with E-state index in [1.54, 1.807) is 0 Å². The van der Waals surface area contributed by atoms with Crippen LogP contribution in [0.2, 0.25) is 0 Å². The highest BCUT2D eigenvalue weighted by molar-refractivity contribution is 5.79. The lowest BCUT2D eigenvalue weighted by Gasteiger charge is -2.21. The maximum atomic E-state index is 12.9. The number of carbonyl (C=O) groups is 1. The van der Waals surface area contributed by atoms with Crippen molar-refractivity contribution in [3.05, 3.63) is 0 Å². The Kier molecular flexibility index (Phi) is 1.61. The van der Waals surface area contributed by atoms with E-state index in [-0.39, 0.29) is 6.42 Å². The summed E-state index contributed by atoms with van der Waals surface area (Å²) >= 11 is 0. The van der Waals surface area contributed by atoms with Crippen LogP contribution in [0.3, 0.4) is 0 Å². The molecule has 0 aromatic carbocycles. The third-order valence-corrected chi connectivity index (χ3v) is 1.93. The molecule has 0 aromatic heterocycles. The van der Waals surface area contributed by atoms with Gasteiger partial charge in [0.15, 0.2) is 0 Å². The van der Waals surface area contributed by atoms with E-state index in [1.807, 2.05) is 0 Å². The lowest BCUT2D eigenvalue weighted by atomic mass is 10.0. The molecule has 5 heteroatoms. The van der Waals surface area contributed by atoms with E-state index in [0.29, 0.717) is 0 Å². The summed E-state index contributed by atoms with van der Waals surface area (Å²) in [5, 5.41) is 8.15. The third-order valence-electron chi connectivity index (χ3n) is 1.93. The second-order valence-corrected chi connectivity index (χ2v) is 2.66. The fourth-order valence-electron chi connectivity index (χ4n) is 1.20. The minimum atomic E-state index is -3.70. The van der Waals surface area contributed by atoms with Gasteiger partial charge < -0.3 is 5.11 Å². The number of alkyl halides is 3. The van der Waals surface area contributed by atoms with Gasteiger partial charge in [-0.2, -0.15) is 0 Å². The van der Waals surface area contributed by atoms with Crippen LogP contribution in [-0.2, 0) is 4.79 Å². The average molecular weight is 168 g/mol. The van der Waals surface area contributed by atoms with Gasteiger partial charge in [-0.15, -0.1) is 0 Å². The first-order chi connectivity index (χ1) is 4.90. The van der Waals surface area contributed by atoms with Crippen LogP contribution in [0, 0.1) is 0 Å². The highest BCUT2D eigenvalue weighted by atomic mass is 19.3. The average Bonchev–Trinajstić information content (AvgIpc) is 2.09. The minimum absolute atomic E-state index is 0.0736. The summed E-state index contributed by atoms with van der Waals surface area (Å²) in [7, 11) is 0. The van der Waals surface area contributed by atoms with Gasteiger partial charge in [-0.1, -0.05) is 0 Å². The van der Waals surface area contributed by atoms with E-state index < -0.39 is 30.4 Å². The van der Waals surface area contributed by atoms with Crippen molar-refractivity contribution in [2.75, 3.05) is 0 Å². The molecule has 1 fully saturated rings. The van der Waals surface area contributed by atoms with E-state index >= 15 is 0 Å². The number of rotatable bonds is 1. The van der Waals surface area contributed by atoms with Crippen LogP contribution in [-0.4, -0.2) is 22.7 Å².